The van der Waals surface area contributed by atoms with Crippen LogP contribution in [0.15, 0.2) is 11.6 Å². The zero-order chi connectivity index (χ0) is 22.0. The van der Waals surface area contributed by atoms with E-state index in [1.54, 1.807) is 20.8 Å². The highest BCUT2D eigenvalue weighted by Gasteiger charge is 2.89. The van der Waals surface area contributed by atoms with E-state index in [0.29, 0.717) is 5.57 Å². The van der Waals surface area contributed by atoms with Gasteiger partial charge in [-0.1, -0.05) is 19.4 Å². The van der Waals surface area contributed by atoms with E-state index in [2.05, 4.69) is 0 Å². The lowest BCUT2D eigenvalue weighted by Crippen LogP contribution is -2.86. The number of carbonyl (C=O) groups is 2. The van der Waals surface area contributed by atoms with Crippen LogP contribution in [0.5, 0.6) is 0 Å². The number of ether oxygens (including phenoxy) is 2. The first-order valence-corrected chi connectivity index (χ1v) is 10.5. The number of hydrogen-bond donors (Lipinski definition) is 5. The van der Waals surface area contributed by atoms with Crippen LogP contribution in [-0.4, -0.2) is 85.6 Å². The Hall–Kier alpha value is -1.36. The Kier molecular flexibility index (Phi) is 3.91. The Morgan fingerprint density at radius 2 is 1.83 bits per heavy atom. The number of hydrogen-bond acceptors (Lipinski definition) is 9. The van der Waals surface area contributed by atoms with Crippen LogP contribution in [0.1, 0.15) is 33.6 Å². The molecule has 5 aliphatic rings. The predicted molar refractivity (Wildman–Crippen MR) is 98.7 cm³/mol. The second-order valence-electron chi connectivity index (χ2n) is 9.93. The number of rotatable bonds is 1. The highest BCUT2D eigenvalue weighted by molar-refractivity contribution is 5.96. The summed E-state index contributed by atoms with van der Waals surface area (Å²) in [6.07, 6.45) is -6.01. The maximum absolute atomic E-state index is 12.6. The highest BCUT2D eigenvalue weighted by Crippen LogP contribution is 2.73. The van der Waals surface area contributed by atoms with E-state index < -0.39 is 76.1 Å². The van der Waals surface area contributed by atoms with Gasteiger partial charge in [-0.15, -0.1) is 0 Å². The van der Waals surface area contributed by atoms with Gasteiger partial charge in [0.2, 0.25) is 0 Å². The van der Waals surface area contributed by atoms with Crippen molar-refractivity contribution in [3.8, 4) is 0 Å². The average molecular weight is 424 g/mol. The molecule has 11 atom stereocenters. The van der Waals surface area contributed by atoms with E-state index in [0.717, 1.165) is 0 Å². The highest BCUT2D eigenvalue weighted by atomic mass is 16.6. The van der Waals surface area contributed by atoms with Crippen molar-refractivity contribution in [2.75, 3.05) is 6.61 Å². The van der Waals surface area contributed by atoms with Crippen molar-refractivity contribution in [2.24, 2.45) is 22.7 Å². The molecule has 5 N–H and O–H groups in total. The molecule has 2 saturated carbocycles. The van der Waals surface area contributed by atoms with E-state index in [1.165, 1.54) is 6.08 Å². The molecule has 2 saturated heterocycles. The van der Waals surface area contributed by atoms with Gasteiger partial charge in [0.05, 0.1) is 18.1 Å². The van der Waals surface area contributed by atoms with Crippen LogP contribution in [0.4, 0.5) is 0 Å². The third-order valence-corrected chi connectivity index (χ3v) is 9.25. The minimum absolute atomic E-state index is 0.0216. The van der Waals surface area contributed by atoms with Gasteiger partial charge in [0.25, 0.3) is 0 Å². The number of esters is 1. The Morgan fingerprint density at radius 3 is 2.47 bits per heavy atom. The lowest BCUT2D eigenvalue weighted by molar-refractivity contribution is -0.354. The molecule has 4 fully saturated rings. The van der Waals surface area contributed by atoms with Gasteiger partial charge in [-0.25, -0.2) is 4.79 Å². The monoisotopic (exact) mass is 424 g/mol. The van der Waals surface area contributed by atoms with Gasteiger partial charge in [0, 0.05) is 11.3 Å². The summed E-state index contributed by atoms with van der Waals surface area (Å²) < 4.78 is 11.6. The summed E-state index contributed by atoms with van der Waals surface area (Å²) in [4.78, 5) is 25.2. The van der Waals surface area contributed by atoms with E-state index in [-0.39, 0.29) is 19.4 Å². The Bertz CT molecular complexity index is 871. The third kappa shape index (κ3) is 1.73. The van der Waals surface area contributed by atoms with E-state index in [4.69, 9.17) is 9.47 Å². The molecule has 0 aromatic heterocycles. The smallest absolute Gasteiger partial charge is 0.338 e. The van der Waals surface area contributed by atoms with Crippen molar-refractivity contribution in [3.63, 3.8) is 0 Å². The lowest BCUT2D eigenvalue weighted by Gasteiger charge is -2.70. The molecule has 0 unspecified atom stereocenters. The Labute approximate surface area is 173 Å². The molecule has 0 aromatic rings. The molecule has 2 aliphatic heterocycles. The maximum Gasteiger partial charge on any atom is 0.338 e. The number of aliphatic hydroxyl groups excluding tert-OH is 4. The molecule has 9 heteroatoms. The topological polar surface area (TPSA) is 154 Å². The Morgan fingerprint density at radius 1 is 1.17 bits per heavy atom. The third-order valence-electron chi connectivity index (χ3n) is 9.25. The molecule has 2 bridgehead atoms. The van der Waals surface area contributed by atoms with Crippen LogP contribution >= 0.6 is 0 Å². The van der Waals surface area contributed by atoms with Crippen LogP contribution < -0.4 is 0 Å². The fourth-order valence-electron chi connectivity index (χ4n) is 7.96. The van der Waals surface area contributed by atoms with Crippen LogP contribution in [0.2, 0.25) is 0 Å². The summed E-state index contributed by atoms with van der Waals surface area (Å²) >= 11 is 0. The zero-order valence-electron chi connectivity index (χ0n) is 17.1. The van der Waals surface area contributed by atoms with Gasteiger partial charge in [-0.2, -0.15) is 0 Å². The minimum Gasteiger partial charge on any atom is -0.460 e. The molecule has 2 heterocycles. The largest absolute Gasteiger partial charge is 0.460 e. The van der Waals surface area contributed by atoms with Gasteiger partial charge in [-0.3, -0.25) is 4.79 Å². The lowest BCUT2D eigenvalue weighted by atomic mass is 9.36. The van der Waals surface area contributed by atoms with E-state index in [1.807, 2.05) is 0 Å². The average Bonchev–Trinajstić information content (AvgIpc) is 2.91. The summed E-state index contributed by atoms with van der Waals surface area (Å²) in [5.74, 6) is -3.07. The predicted octanol–water partition coefficient (Wildman–Crippen LogP) is -1.56. The first kappa shape index (κ1) is 20.5. The fourth-order valence-corrected chi connectivity index (χ4v) is 7.96. The molecule has 1 spiro atoms. The summed E-state index contributed by atoms with van der Waals surface area (Å²) in [7, 11) is 0. The minimum atomic E-state index is -2.26. The van der Waals surface area contributed by atoms with E-state index in [9.17, 15) is 35.1 Å². The first-order valence-electron chi connectivity index (χ1n) is 10.5. The van der Waals surface area contributed by atoms with Crippen molar-refractivity contribution < 1.29 is 44.6 Å². The molecule has 30 heavy (non-hydrogen) atoms. The fraction of sp³-hybridized carbons (Fsp3) is 0.810. The molecular formula is C21H28O9. The van der Waals surface area contributed by atoms with Gasteiger partial charge in [0.15, 0.2) is 11.9 Å². The maximum atomic E-state index is 12.6. The molecule has 0 amide bonds. The summed E-state index contributed by atoms with van der Waals surface area (Å²) in [6.45, 7) is 4.83. The Balaban J connectivity index is 1.83. The van der Waals surface area contributed by atoms with Crippen molar-refractivity contribution >= 4 is 11.8 Å². The molecule has 9 nitrogen and oxygen atoms in total. The molecule has 166 valence electrons. The second-order valence-corrected chi connectivity index (χ2v) is 9.93. The number of ketones is 1. The number of aliphatic hydroxyl groups is 5. The molecular weight excluding hydrogens is 396 g/mol. The standard InChI is InChI=1S/C21H28O9/c1-4-20-15(25)12(23)13-18(3)9(8(2)5-10(22)14(18)24)6-11-19(13,7-29-20)21(20,28)16(26)17(27)30-11/h5,9,11-16,23-26,28H,4,6-7H2,1-3H3/t9-,11+,12+,13+,14+,15-,16-,18-,19+,20+,21-/m0/s1. The molecule has 0 aromatic carbocycles. The first-order chi connectivity index (χ1) is 13.9. The van der Waals surface area contributed by atoms with Crippen molar-refractivity contribution in [1.82, 2.24) is 0 Å². The van der Waals surface area contributed by atoms with Crippen molar-refractivity contribution in [1.29, 1.82) is 0 Å². The number of carbonyl (C=O) groups excluding carboxylic acids is 2. The van der Waals surface area contributed by atoms with Gasteiger partial charge < -0.3 is 35.0 Å². The quantitative estimate of drug-likeness (QED) is 0.314. The van der Waals surface area contributed by atoms with E-state index >= 15 is 0 Å². The van der Waals surface area contributed by atoms with Crippen LogP contribution in [0.3, 0.4) is 0 Å². The summed E-state index contributed by atoms with van der Waals surface area (Å²) in [5, 5.41) is 56.5. The SMILES string of the molecule is CC[C@@]12OC[C@]34[C@H]([C@@H](O)[C@@H]1O)[C@@]1(C)[C@H](O)C(=O)C=C(C)[C@@H]1C[C@H]3OC(=O)[C@H](O)[C@]42O. The van der Waals surface area contributed by atoms with Crippen LogP contribution in [0.25, 0.3) is 0 Å². The molecule has 0 radical (unpaired) electrons. The van der Waals surface area contributed by atoms with Gasteiger partial charge in [-0.05, 0) is 31.8 Å². The van der Waals surface area contributed by atoms with Crippen LogP contribution in [0, 0.1) is 22.7 Å². The molecule has 3 aliphatic carbocycles. The van der Waals surface area contributed by atoms with Gasteiger partial charge >= 0.3 is 5.97 Å². The second kappa shape index (κ2) is 5.70. The summed E-state index contributed by atoms with van der Waals surface area (Å²) in [5.41, 5.74) is -6.17. The van der Waals surface area contributed by atoms with Crippen molar-refractivity contribution in [3.05, 3.63) is 11.6 Å². The van der Waals surface area contributed by atoms with Crippen LogP contribution in [-0.2, 0) is 19.1 Å². The number of allylic oxidation sites excluding steroid dienone is 1. The molecule has 5 rings (SSSR count). The normalized spacial score (nSPS) is 59.2. The van der Waals surface area contributed by atoms with Crippen molar-refractivity contribution in [2.45, 2.75) is 75.3 Å². The zero-order valence-corrected chi connectivity index (χ0v) is 17.1. The number of fused-ring (bicyclic) bond motifs is 2. The summed E-state index contributed by atoms with van der Waals surface area (Å²) in [6, 6.07) is 0. The van der Waals surface area contributed by atoms with Gasteiger partial charge in [0.1, 0.15) is 29.5 Å².